The normalized spacial score (nSPS) is 12.9. The van der Waals surface area contributed by atoms with Crippen molar-refractivity contribution in [3.63, 3.8) is 0 Å². The summed E-state index contributed by atoms with van der Waals surface area (Å²) >= 11 is 0. The highest BCUT2D eigenvalue weighted by Crippen LogP contribution is 1.88. The highest BCUT2D eigenvalue weighted by Gasteiger charge is 2.14. The van der Waals surface area contributed by atoms with Gasteiger partial charge in [-0.1, -0.05) is 0 Å². The van der Waals surface area contributed by atoms with Crippen LogP contribution in [0.3, 0.4) is 0 Å². The molecule has 1 N–H and O–H groups in total. The Morgan fingerprint density at radius 2 is 2.25 bits per heavy atom. The summed E-state index contributed by atoms with van der Waals surface area (Å²) in [5.74, 6) is -1.15. The highest BCUT2D eigenvalue weighted by molar-refractivity contribution is 5.73. The van der Waals surface area contributed by atoms with Crippen LogP contribution in [0.25, 0.3) is 0 Å². The molecule has 0 aliphatic rings. The molecule has 5 nitrogen and oxygen atoms in total. The molecule has 0 amide bonds. The molecule has 0 rings (SSSR count). The fourth-order valence-corrected chi connectivity index (χ4v) is 0.111. The minimum atomic E-state index is -1.20. The monoisotopic (exact) mass is 121 g/mol. The molecule has 0 heterocycles. The molecule has 47 valence electrons. The molecule has 0 aromatic heterocycles. The van der Waals surface area contributed by atoms with Gasteiger partial charge in [-0.3, -0.25) is 10.1 Å². The summed E-state index contributed by atoms with van der Waals surface area (Å²) in [5, 5.41) is 16.9. The third-order valence-electron chi connectivity index (χ3n) is 0.572. The summed E-state index contributed by atoms with van der Waals surface area (Å²) in [7, 11) is 0. The van der Waals surface area contributed by atoms with Crippen LogP contribution in [0.15, 0.2) is 0 Å². The van der Waals surface area contributed by atoms with Crippen molar-refractivity contribution in [2.24, 2.45) is 0 Å². The van der Waals surface area contributed by atoms with Crippen molar-refractivity contribution in [1.29, 1.82) is 0 Å². The highest BCUT2D eigenvalue weighted by atomic mass is 17.1. The van der Waals surface area contributed by atoms with Gasteiger partial charge in [0.05, 0.1) is 0 Å². The Morgan fingerprint density at radius 3 is 2.38 bits per heavy atom. The van der Waals surface area contributed by atoms with Crippen LogP contribution >= 0.6 is 0 Å². The lowest BCUT2D eigenvalue weighted by Gasteiger charge is -1.98. The average Bonchev–Trinajstić information content (AvgIpc) is 1.84. The fourth-order valence-electron chi connectivity index (χ4n) is 0.111. The molecule has 0 aliphatic carbocycles. The molecule has 0 aliphatic heterocycles. The van der Waals surface area contributed by atoms with Crippen LogP contribution in [0.1, 0.15) is 6.92 Å². The Bertz CT molecular complexity index is 79.7. The van der Waals surface area contributed by atoms with Crippen molar-refractivity contribution in [3.05, 3.63) is 0 Å². The van der Waals surface area contributed by atoms with Gasteiger partial charge in [0.2, 0.25) is 0 Å². The molecule has 0 saturated heterocycles. The molecule has 0 spiro atoms. The van der Waals surface area contributed by atoms with E-state index in [9.17, 15) is 10.1 Å². The molecule has 8 heavy (non-hydrogen) atoms. The maximum Gasteiger partial charge on any atom is 0.377 e. The molecule has 0 bridgehead atoms. The van der Waals surface area contributed by atoms with E-state index < -0.39 is 12.1 Å². The summed E-state index contributed by atoms with van der Waals surface area (Å²) < 4.78 is 0. The number of hydrogen-bond donors (Lipinski definition) is 1. The van der Waals surface area contributed by atoms with E-state index in [0.29, 0.717) is 0 Å². The van der Waals surface area contributed by atoms with Gasteiger partial charge in [-0.05, 0) is 6.92 Å². The summed E-state index contributed by atoms with van der Waals surface area (Å²) in [6.45, 7) is 1.18. The molecule has 1 radical (unpaired) electrons. The van der Waals surface area contributed by atoms with Gasteiger partial charge in [0.25, 0.3) is 0 Å². The van der Waals surface area contributed by atoms with Crippen LogP contribution in [0.2, 0.25) is 0 Å². The third-order valence-corrected chi connectivity index (χ3v) is 0.572. The van der Waals surface area contributed by atoms with E-state index in [-0.39, 0.29) is 0 Å². The zero-order valence-corrected chi connectivity index (χ0v) is 4.16. The molecule has 0 aromatic carbocycles. The second-order valence-electron chi connectivity index (χ2n) is 1.15. The van der Waals surface area contributed by atoms with Crippen molar-refractivity contribution in [2.45, 2.75) is 13.0 Å². The van der Waals surface area contributed by atoms with Crippen molar-refractivity contribution in [3.8, 4) is 0 Å². The molecule has 5 heteroatoms. The van der Waals surface area contributed by atoms with E-state index in [1.807, 2.05) is 0 Å². The van der Waals surface area contributed by atoms with Gasteiger partial charge in [-0.2, -0.15) is 0 Å². The number of carbonyl (C=O) groups excluding carboxylic acids is 1. The fraction of sp³-hybridized carbons (Fsp3) is 0.667. The Hall–Kier alpha value is -0.650. The average molecular weight is 121 g/mol. The van der Waals surface area contributed by atoms with Crippen LogP contribution in [-0.2, 0) is 19.8 Å². The number of rotatable bonds is 2. The van der Waals surface area contributed by atoms with Crippen LogP contribution in [0.4, 0.5) is 0 Å². The molecule has 1 atom stereocenters. The lowest BCUT2D eigenvalue weighted by atomic mass is 10.4. The molecular formula is C3H5O5. The topological polar surface area (TPSA) is 75.7 Å². The lowest BCUT2D eigenvalue weighted by Crippen LogP contribution is -2.19. The second kappa shape index (κ2) is 3.36. The second-order valence-corrected chi connectivity index (χ2v) is 1.15. The van der Waals surface area contributed by atoms with Crippen LogP contribution < -0.4 is 0 Å². The smallest absolute Gasteiger partial charge is 0.263 e. The first-order chi connectivity index (χ1) is 3.72. The standard InChI is InChI=1S/C3H5O5/c1-2(7-5)3(4)8-6/h2,5H,1H3. The molecule has 0 fully saturated rings. The first kappa shape index (κ1) is 7.35. The SMILES string of the molecule is CC(OO)C(=O)O[O]. The van der Waals surface area contributed by atoms with E-state index in [0.717, 1.165) is 0 Å². The maximum atomic E-state index is 9.92. The summed E-state index contributed by atoms with van der Waals surface area (Å²) in [4.78, 5) is 16.3. The Balaban J connectivity index is 3.46. The van der Waals surface area contributed by atoms with E-state index in [2.05, 4.69) is 9.78 Å². The summed E-state index contributed by atoms with van der Waals surface area (Å²) in [6, 6.07) is 0. The predicted molar refractivity (Wildman–Crippen MR) is 20.0 cm³/mol. The van der Waals surface area contributed by atoms with Gasteiger partial charge in [0.1, 0.15) is 0 Å². The zero-order chi connectivity index (χ0) is 6.57. The van der Waals surface area contributed by atoms with E-state index >= 15 is 0 Å². The summed E-state index contributed by atoms with van der Waals surface area (Å²) in [6.07, 6.45) is -1.20. The van der Waals surface area contributed by atoms with Crippen molar-refractivity contribution < 1.29 is 25.1 Å². The van der Waals surface area contributed by atoms with Crippen LogP contribution in [-0.4, -0.2) is 17.3 Å². The quantitative estimate of drug-likeness (QED) is 0.403. The molecule has 0 saturated carbocycles. The zero-order valence-electron chi connectivity index (χ0n) is 4.16. The van der Waals surface area contributed by atoms with Gasteiger partial charge in [-0.15, -0.1) is 0 Å². The third kappa shape index (κ3) is 1.87. The van der Waals surface area contributed by atoms with Crippen molar-refractivity contribution in [2.75, 3.05) is 0 Å². The van der Waals surface area contributed by atoms with Gasteiger partial charge in [-0.25, -0.2) is 9.68 Å². The Morgan fingerprint density at radius 1 is 1.75 bits per heavy atom. The minimum Gasteiger partial charge on any atom is -0.263 e. The van der Waals surface area contributed by atoms with E-state index in [1.54, 1.807) is 0 Å². The van der Waals surface area contributed by atoms with Crippen LogP contribution in [0, 0.1) is 0 Å². The molecular weight excluding hydrogens is 116 g/mol. The van der Waals surface area contributed by atoms with Crippen molar-refractivity contribution >= 4 is 5.97 Å². The largest absolute Gasteiger partial charge is 0.377 e. The van der Waals surface area contributed by atoms with Gasteiger partial charge >= 0.3 is 5.97 Å². The van der Waals surface area contributed by atoms with Gasteiger partial charge in [0.15, 0.2) is 6.10 Å². The number of hydrogen-bond acceptors (Lipinski definition) is 4. The van der Waals surface area contributed by atoms with Gasteiger partial charge in [0, 0.05) is 5.26 Å². The van der Waals surface area contributed by atoms with E-state index in [4.69, 9.17) is 5.26 Å². The first-order valence-electron chi connectivity index (χ1n) is 1.86. The molecule has 0 aromatic rings. The Labute approximate surface area is 45.3 Å². The van der Waals surface area contributed by atoms with Gasteiger partial charge < -0.3 is 0 Å². The summed E-state index contributed by atoms with van der Waals surface area (Å²) in [5.41, 5.74) is 0. The predicted octanol–water partition coefficient (Wildman–Crippen LogP) is -0.247. The van der Waals surface area contributed by atoms with Crippen molar-refractivity contribution in [1.82, 2.24) is 0 Å². The first-order valence-corrected chi connectivity index (χ1v) is 1.86. The van der Waals surface area contributed by atoms with Crippen LogP contribution in [0.5, 0.6) is 0 Å². The number of carbonyl (C=O) groups is 1. The Kier molecular flexibility index (Phi) is 3.09. The van der Waals surface area contributed by atoms with E-state index in [1.165, 1.54) is 6.92 Å². The lowest BCUT2D eigenvalue weighted by molar-refractivity contribution is -0.316. The minimum absolute atomic E-state index is 1.15. The maximum absolute atomic E-state index is 9.92. The molecule has 1 unspecified atom stereocenters.